The third-order valence-electron chi connectivity index (χ3n) is 1.70. The molecule has 1 rings (SSSR count). The SMILES string of the molecule is CCNC(=O)C[CH]c1ccccc1. The Bertz CT molecular complexity index is 256. The van der Waals surface area contributed by atoms with Gasteiger partial charge in [0, 0.05) is 13.0 Å². The standard InChI is InChI=1S/C11H14NO/c1-2-12-11(13)9-8-10-6-4-3-5-7-10/h3-8H,2,9H2,1H3,(H,12,13). The zero-order valence-corrected chi connectivity index (χ0v) is 7.79. The van der Waals surface area contributed by atoms with E-state index in [4.69, 9.17) is 0 Å². The largest absolute Gasteiger partial charge is 0.356 e. The normalized spacial score (nSPS) is 9.62. The average molecular weight is 176 g/mol. The fourth-order valence-corrected chi connectivity index (χ4v) is 1.07. The zero-order valence-electron chi connectivity index (χ0n) is 7.79. The first kappa shape index (κ1) is 9.78. The summed E-state index contributed by atoms with van der Waals surface area (Å²) in [7, 11) is 0. The van der Waals surface area contributed by atoms with E-state index in [1.807, 2.05) is 43.7 Å². The number of hydrogen-bond donors (Lipinski definition) is 1. The molecule has 1 N–H and O–H groups in total. The van der Waals surface area contributed by atoms with Gasteiger partial charge in [-0.2, -0.15) is 0 Å². The number of carbonyl (C=O) groups excluding carboxylic acids is 1. The highest BCUT2D eigenvalue weighted by molar-refractivity contribution is 5.77. The highest BCUT2D eigenvalue weighted by atomic mass is 16.1. The molecule has 0 saturated heterocycles. The molecular weight excluding hydrogens is 162 g/mol. The lowest BCUT2D eigenvalue weighted by atomic mass is 10.1. The van der Waals surface area contributed by atoms with Crippen LogP contribution in [0, 0.1) is 6.42 Å². The summed E-state index contributed by atoms with van der Waals surface area (Å²) in [6.45, 7) is 2.61. The van der Waals surface area contributed by atoms with Gasteiger partial charge in [-0.3, -0.25) is 4.79 Å². The monoisotopic (exact) mass is 176 g/mol. The second kappa shape index (κ2) is 5.36. The van der Waals surface area contributed by atoms with Crippen LogP contribution in [0.4, 0.5) is 0 Å². The number of hydrogen-bond acceptors (Lipinski definition) is 1. The smallest absolute Gasteiger partial charge is 0.220 e. The summed E-state index contributed by atoms with van der Waals surface area (Å²) in [4.78, 5) is 11.1. The van der Waals surface area contributed by atoms with Crippen molar-refractivity contribution in [1.82, 2.24) is 5.32 Å². The van der Waals surface area contributed by atoms with E-state index < -0.39 is 0 Å². The van der Waals surface area contributed by atoms with E-state index in [0.29, 0.717) is 13.0 Å². The fraction of sp³-hybridized carbons (Fsp3) is 0.273. The van der Waals surface area contributed by atoms with Crippen LogP contribution in [0.15, 0.2) is 30.3 Å². The highest BCUT2D eigenvalue weighted by Gasteiger charge is 1.99. The molecule has 0 unspecified atom stereocenters. The second-order valence-corrected chi connectivity index (χ2v) is 2.77. The maximum atomic E-state index is 11.1. The molecule has 1 amide bonds. The molecule has 0 aromatic heterocycles. The van der Waals surface area contributed by atoms with Gasteiger partial charge in [-0.15, -0.1) is 0 Å². The molecule has 13 heavy (non-hydrogen) atoms. The van der Waals surface area contributed by atoms with Gasteiger partial charge in [-0.25, -0.2) is 0 Å². The molecule has 2 heteroatoms. The molecule has 0 fully saturated rings. The summed E-state index contributed by atoms with van der Waals surface area (Å²) in [5.41, 5.74) is 1.09. The minimum atomic E-state index is 0.0753. The molecular formula is C11H14NO. The number of amides is 1. The Morgan fingerprint density at radius 3 is 2.69 bits per heavy atom. The summed E-state index contributed by atoms with van der Waals surface area (Å²) >= 11 is 0. The molecule has 0 aliphatic rings. The first-order valence-electron chi connectivity index (χ1n) is 4.48. The van der Waals surface area contributed by atoms with Crippen molar-refractivity contribution in [1.29, 1.82) is 0 Å². The Balaban J connectivity index is 2.31. The Morgan fingerprint density at radius 2 is 2.08 bits per heavy atom. The van der Waals surface area contributed by atoms with Gasteiger partial charge in [0.1, 0.15) is 0 Å². The summed E-state index contributed by atoms with van der Waals surface area (Å²) in [6.07, 6.45) is 2.38. The summed E-state index contributed by atoms with van der Waals surface area (Å²) in [5.74, 6) is 0.0753. The van der Waals surface area contributed by atoms with Crippen LogP contribution in [0.25, 0.3) is 0 Å². The van der Waals surface area contributed by atoms with Crippen molar-refractivity contribution in [2.75, 3.05) is 6.54 Å². The summed E-state index contributed by atoms with van der Waals surface area (Å²) in [6, 6.07) is 9.86. The van der Waals surface area contributed by atoms with Crippen molar-refractivity contribution in [2.24, 2.45) is 0 Å². The molecule has 2 nitrogen and oxygen atoms in total. The summed E-state index contributed by atoms with van der Waals surface area (Å²) < 4.78 is 0. The van der Waals surface area contributed by atoms with Crippen LogP contribution in [0.3, 0.4) is 0 Å². The van der Waals surface area contributed by atoms with Crippen molar-refractivity contribution in [3.63, 3.8) is 0 Å². The van der Waals surface area contributed by atoms with Crippen LogP contribution < -0.4 is 5.32 Å². The third-order valence-corrected chi connectivity index (χ3v) is 1.70. The number of carbonyl (C=O) groups is 1. The highest BCUT2D eigenvalue weighted by Crippen LogP contribution is 2.04. The van der Waals surface area contributed by atoms with Crippen LogP contribution in [0.1, 0.15) is 18.9 Å². The Hall–Kier alpha value is -1.31. The summed E-state index contributed by atoms with van der Waals surface area (Å²) in [5, 5.41) is 2.75. The van der Waals surface area contributed by atoms with Gasteiger partial charge in [0.05, 0.1) is 0 Å². The number of benzene rings is 1. The topological polar surface area (TPSA) is 29.1 Å². The van der Waals surface area contributed by atoms with Crippen molar-refractivity contribution in [3.05, 3.63) is 42.3 Å². The molecule has 0 saturated carbocycles. The molecule has 0 bridgehead atoms. The van der Waals surface area contributed by atoms with Crippen molar-refractivity contribution in [3.8, 4) is 0 Å². The molecule has 0 aliphatic heterocycles. The van der Waals surface area contributed by atoms with Crippen LogP contribution in [-0.2, 0) is 4.79 Å². The van der Waals surface area contributed by atoms with Gasteiger partial charge in [0.2, 0.25) is 5.91 Å². The van der Waals surface area contributed by atoms with Gasteiger partial charge in [0.25, 0.3) is 0 Å². The molecule has 0 aliphatic carbocycles. The quantitative estimate of drug-likeness (QED) is 0.744. The molecule has 0 atom stereocenters. The first-order chi connectivity index (χ1) is 6.33. The van der Waals surface area contributed by atoms with Crippen molar-refractivity contribution < 1.29 is 4.79 Å². The lowest BCUT2D eigenvalue weighted by Crippen LogP contribution is -2.22. The molecule has 0 heterocycles. The van der Waals surface area contributed by atoms with Crippen molar-refractivity contribution in [2.45, 2.75) is 13.3 Å². The van der Waals surface area contributed by atoms with E-state index in [-0.39, 0.29) is 5.91 Å². The van der Waals surface area contributed by atoms with Crippen LogP contribution in [0.2, 0.25) is 0 Å². The molecule has 69 valence electrons. The Labute approximate surface area is 79.0 Å². The molecule has 1 aromatic carbocycles. The molecule has 1 aromatic rings. The van der Waals surface area contributed by atoms with E-state index in [1.54, 1.807) is 0 Å². The van der Waals surface area contributed by atoms with Crippen LogP contribution >= 0.6 is 0 Å². The lowest BCUT2D eigenvalue weighted by molar-refractivity contribution is -0.120. The van der Waals surface area contributed by atoms with E-state index in [9.17, 15) is 4.79 Å². The van der Waals surface area contributed by atoms with Gasteiger partial charge >= 0.3 is 0 Å². The molecule has 1 radical (unpaired) electrons. The Kier molecular flexibility index (Phi) is 4.03. The lowest BCUT2D eigenvalue weighted by Gasteiger charge is -2.01. The van der Waals surface area contributed by atoms with Crippen molar-refractivity contribution >= 4 is 5.91 Å². The van der Waals surface area contributed by atoms with E-state index in [2.05, 4.69) is 5.32 Å². The predicted octanol–water partition coefficient (Wildman–Crippen LogP) is 1.77. The van der Waals surface area contributed by atoms with E-state index in [0.717, 1.165) is 5.56 Å². The van der Waals surface area contributed by atoms with Gasteiger partial charge < -0.3 is 5.32 Å². The zero-order chi connectivity index (χ0) is 9.52. The van der Waals surface area contributed by atoms with Gasteiger partial charge in [-0.1, -0.05) is 30.3 Å². The molecule has 0 spiro atoms. The first-order valence-corrected chi connectivity index (χ1v) is 4.48. The maximum absolute atomic E-state index is 11.1. The van der Waals surface area contributed by atoms with E-state index in [1.165, 1.54) is 0 Å². The average Bonchev–Trinajstić information content (AvgIpc) is 2.17. The predicted molar refractivity (Wildman–Crippen MR) is 53.1 cm³/mol. The van der Waals surface area contributed by atoms with E-state index >= 15 is 0 Å². The second-order valence-electron chi connectivity index (χ2n) is 2.77. The Morgan fingerprint density at radius 1 is 1.38 bits per heavy atom. The minimum absolute atomic E-state index is 0.0753. The van der Waals surface area contributed by atoms with Crippen LogP contribution in [0.5, 0.6) is 0 Å². The van der Waals surface area contributed by atoms with Gasteiger partial charge in [0.15, 0.2) is 0 Å². The fourth-order valence-electron chi connectivity index (χ4n) is 1.07. The number of rotatable bonds is 4. The number of nitrogens with one attached hydrogen (secondary N) is 1. The maximum Gasteiger partial charge on any atom is 0.220 e. The third kappa shape index (κ3) is 3.74. The van der Waals surface area contributed by atoms with Crippen LogP contribution in [-0.4, -0.2) is 12.5 Å². The minimum Gasteiger partial charge on any atom is -0.356 e. The van der Waals surface area contributed by atoms with Gasteiger partial charge in [-0.05, 0) is 18.9 Å².